The van der Waals surface area contributed by atoms with Gasteiger partial charge in [-0.2, -0.15) is 0 Å². The maximum Gasteiger partial charge on any atom is 0.225 e. The third-order valence-corrected chi connectivity index (χ3v) is 5.52. The van der Waals surface area contributed by atoms with Gasteiger partial charge >= 0.3 is 0 Å². The van der Waals surface area contributed by atoms with E-state index < -0.39 is 0 Å². The van der Waals surface area contributed by atoms with Crippen LogP contribution in [0, 0.1) is 6.92 Å². The molecule has 3 aromatic carbocycles. The number of benzene rings is 3. The first-order valence-corrected chi connectivity index (χ1v) is 8.99. The van der Waals surface area contributed by atoms with Crippen LogP contribution in [0.4, 0.5) is 0 Å². The van der Waals surface area contributed by atoms with Crippen molar-refractivity contribution in [1.29, 1.82) is 0 Å². The Morgan fingerprint density at radius 1 is 0.760 bits per heavy atom. The zero-order valence-electron chi connectivity index (χ0n) is 13.8. The molecule has 1 aliphatic carbocycles. The minimum absolute atomic E-state index is 0.176. The molecule has 2 nitrogen and oxygen atoms in total. The molecule has 0 bridgehead atoms. The Kier molecular flexibility index (Phi) is 4.02. The van der Waals surface area contributed by atoms with Crippen LogP contribution in [0.1, 0.15) is 43.0 Å². The van der Waals surface area contributed by atoms with Gasteiger partial charge in [0.1, 0.15) is 0 Å². The molecule has 2 aliphatic rings. The van der Waals surface area contributed by atoms with Crippen LogP contribution < -0.4 is 0 Å². The van der Waals surface area contributed by atoms with Gasteiger partial charge in [-0.15, -0.1) is 0 Å². The first kappa shape index (κ1) is 15.9. The van der Waals surface area contributed by atoms with Crippen molar-refractivity contribution >= 4 is 22.7 Å². The summed E-state index contributed by atoms with van der Waals surface area (Å²) in [5, 5.41) is 0.200. The fraction of sp³-hybridized carbons (Fsp3) is 0.0909. The SMILES string of the molecule is Cc1cccc2c1C(=O)c1ccccc1C2.O=C1Sc2ccccc21. The molecule has 0 spiro atoms. The summed E-state index contributed by atoms with van der Waals surface area (Å²) in [6, 6.07) is 21.6. The van der Waals surface area contributed by atoms with Gasteiger partial charge in [-0.3, -0.25) is 9.59 Å². The lowest BCUT2D eigenvalue weighted by molar-refractivity contribution is 0.103. The average Bonchev–Trinajstić information content (AvgIpc) is 2.62. The molecule has 0 aromatic heterocycles. The molecule has 0 unspecified atom stereocenters. The molecule has 122 valence electrons. The van der Waals surface area contributed by atoms with Crippen molar-refractivity contribution < 1.29 is 9.59 Å². The number of ketones is 1. The standard InChI is InChI=1S/C15H12O.C7H4OS/c1-10-5-4-7-12-9-11-6-2-3-8-13(11)15(16)14(10)12;8-7-5-3-1-2-4-6(5)9-7/h2-8H,9H2,1H3;1-4H. The molecular weight excluding hydrogens is 328 g/mol. The van der Waals surface area contributed by atoms with E-state index in [4.69, 9.17) is 0 Å². The number of rotatable bonds is 0. The number of thioether (sulfide) groups is 1. The van der Waals surface area contributed by atoms with Crippen molar-refractivity contribution in [2.75, 3.05) is 0 Å². The Balaban J connectivity index is 0.000000147. The number of aryl methyl sites for hydroxylation is 1. The second-order valence-corrected chi connectivity index (χ2v) is 7.17. The first-order valence-electron chi connectivity index (χ1n) is 8.17. The predicted molar refractivity (Wildman–Crippen MR) is 100 cm³/mol. The molecule has 0 atom stereocenters. The quantitative estimate of drug-likeness (QED) is 0.447. The summed E-state index contributed by atoms with van der Waals surface area (Å²) in [4.78, 5) is 24.1. The summed E-state index contributed by atoms with van der Waals surface area (Å²) >= 11 is 1.32. The van der Waals surface area contributed by atoms with Crippen molar-refractivity contribution in [3.8, 4) is 0 Å². The number of carbonyl (C=O) groups is 2. The zero-order chi connectivity index (χ0) is 17.4. The molecule has 0 fully saturated rings. The molecule has 3 heteroatoms. The average molecular weight is 344 g/mol. The Bertz CT molecular complexity index is 1000. The van der Waals surface area contributed by atoms with Crippen LogP contribution >= 0.6 is 11.8 Å². The van der Waals surface area contributed by atoms with Crippen molar-refractivity contribution in [2.45, 2.75) is 18.2 Å². The van der Waals surface area contributed by atoms with Crippen LogP contribution in [0.15, 0.2) is 71.6 Å². The van der Waals surface area contributed by atoms with E-state index in [0.717, 1.165) is 44.7 Å². The van der Waals surface area contributed by atoms with Gasteiger partial charge in [0.25, 0.3) is 0 Å². The van der Waals surface area contributed by atoms with E-state index in [0.29, 0.717) is 0 Å². The molecule has 1 heterocycles. The molecule has 5 rings (SSSR count). The Morgan fingerprint density at radius 3 is 2.16 bits per heavy atom. The van der Waals surface area contributed by atoms with Gasteiger partial charge in [0.2, 0.25) is 5.12 Å². The third kappa shape index (κ3) is 2.81. The van der Waals surface area contributed by atoms with Crippen LogP contribution in [-0.2, 0) is 6.42 Å². The molecule has 3 aromatic rings. The predicted octanol–water partition coefficient (Wildman–Crippen LogP) is 5.06. The van der Waals surface area contributed by atoms with E-state index >= 15 is 0 Å². The van der Waals surface area contributed by atoms with Crippen molar-refractivity contribution in [3.05, 3.63) is 100 Å². The maximum atomic E-state index is 12.3. The Hall–Kier alpha value is -2.65. The Labute approximate surface area is 150 Å². The van der Waals surface area contributed by atoms with E-state index in [-0.39, 0.29) is 10.9 Å². The highest BCUT2D eigenvalue weighted by atomic mass is 32.2. The van der Waals surface area contributed by atoms with Crippen LogP contribution in [0.5, 0.6) is 0 Å². The van der Waals surface area contributed by atoms with E-state index in [2.05, 4.69) is 6.07 Å². The second-order valence-electron chi connectivity index (χ2n) is 6.16. The van der Waals surface area contributed by atoms with Gasteiger partial charge in [0.05, 0.1) is 0 Å². The molecule has 0 saturated carbocycles. The van der Waals surface area contributed by atoms with Crippen LogP contribution in [0.25, 0.3) is 0 Å². The van der Waals surface area contributed by atoms with Crippen LogP contribution in [0.2, 0.25) is 0 Å². The minimum atomic E-state index is 0.176. The van der Waals surface area contributed by atoms with E-state index in [1.807, 2.05) is 67.6 Å². The van der Waals surface area contributed by atoms with Gasteiger partial charge in [-0.25, -0.2) is 0 Å². The number of fused-ring (bicyclic) bond motifs is 3. The summed E-state index contributed by atoms with van der Waals surface area (Å²) < 4.78 is 0. The summed E-state index contributed by atoms with van der Waals surface area (Å²) in [5.41, 5.74) is 6.03. The topological polar surface area (TPSA) is 34.1 Å². The van der Waals surface area contributed by atoms with Gasteiger partial charge < -0.3 is 0 Å². The number of hydrogen-bond donors (Lipinski definition) is 0. The maximum absolute atomic E-state index is 12.3. The van der Waals surface area contributed by atoms with E-state index in [1.165, 1.54) is 11.8 Å². The first-order chi connectivity index (χ1) is 12.1. The lowest BCUT2D eigenvalue weighted by Gasteiger charge is -2.19. The molecule has 0 saturated heterocycles. The highest BCUT2D eigenvalue weighted by Gasteiger charge is 2.24. The van der Waals surface area contributed by atoms with Gasteiger partial charge in [0.15, 0.2) is 5.78 Å². The molecule has 25 heavy (non-hydrogen) atoms. The molecular formula is C22H16O2S. The molecule has 0 radical (unpaired) electrons. The minimum Gasteiger partial charge on any atom is -0.289 e. The highest BCUT2D eigenvalue weighted by Crippen LogP contribution is 2.36. The van der Waals surface area contributed by atoms with E-state index in [9.17, 15) is 9.59 Å². The van der Waals surface area contributed by atoms with Gasteiger partial charge in [-0.05, 0) is 53.9 Å². The lowest BCUT2D eigenvalue weighted by atomic mass is 9.83. The summed E-state index contributed by atoms with van der Waals surface area (Å²) in [6.07, 6.45) is 0.874. The largest absolute Gasteiger partial charge is 0.289 e. The molecule has 1 aliphatic heterocycles. The van der Waals surface area contributed by atoms with Gasteiger partial charge in [0, 0.05) is 21.6 Å². The normalized spacial score (nSPS) is 13.6. The van der Waals surface area contributed by atoms with E-state index in [1.54, 1.807) is 0 Å². The van der Waals surface area contributed by atoms with Crippen molar-refractivity contribution in [2.24, 2.45) is 0 Å². The van der Waals surface area contributed by atoms with Gasteiger partial charge in [-0.1, -0.05) is 54.6 Å². The fourth-order valence-electron chi connectivity index (χ4n) is 3.27. The summed E-state index contributed by atoms with van der Waals surface area (Å²) in [5.74, 6) is 0.176. The Morgan fingerprint density at radius 2 is 1.44 bits per heavy atom. The van der Waals surface area contributed by atoms with Crippen molar-refractivity contribution in [3.63, 3.8) is 0 Å². The number of hydrogen-bond acceptors (Lipinski definition) is 3. The summed E-state index contributed by atoms with van der Waals surface area (Å²) in [6.45, 7) is 2.00. The molecule has 0 amide bonds. The van der Waals surface area contributed by atoms with Crippen molar-refractivity contribution in [1.82, 2.24) is 0 Å². The summed E-state index contributed by atoms with van der Waals surface area (Å²) in [7, 11) is 0. The lowest BCUT2D eigenvalue weighted by Crippen LogP contribution is -2.16. The van der Waals surface area contributed by atoms with Crippen LogP contribution in [0.3, 0.4) is 0 Å². The highest BCUT2D eigenvalue weighted by molar-refractivity contribution is 8.16. The zero-order valence-corrected chi connectivity index (χ0v) is 14.6. The second kappa shape index (κ2) is 6.34. The third-order valence-electron chi connectivity index (χ3n) is 4.54. The number of carbonyl (C=O) groups excluding carboxylic acids is 2. The van der Waals surface area contributed by atoms with Crippen LogP contribution in [-0.4, -0.2) is 10.9 Å². The molecule has 0 N–H and O–H groups in total. The fourth-order valence-corrected chi connectivity index (χ4v) is 4.02. The smallest absolute Gasteiger partial charge is 0.225 e. The monoisotopic (exact) mass is 344 g/mol.